The summed E-state index contributed by atoms with van der Waals surface area (Å²) < 4.78 is 5.30. The first-order valence-electron chi connectivity index (χ1n) is 5.88. The van der Waals surface area contributed by atoms with Crippen molar-refractivity contribution in [3.05, 3.63) is 0 Å². The predicted octanol–water partition coefficient (Wildman–Crippen LogP) is -0.644. The van der Waals surface area contributed by atoms with Crippen molar-refractivity contribution < 1.29 is 14.6 Å². The molecular weight excluding hydrogens is 208 g/mol. The van der Waals surface area contributed by atoms with Crippen LogP contribution in [0.2, 0.25) is 0 Å². The normalized spacial score (nSPS) is 26.7. The zero-order valence-corrected chi connectivity index (χ0v) is 10.0. The van der Waals surface area contributed by atoms with Gasteiger partial charge in [-0.3, -0.25) is 4.79 Å². The molecule has 5 heteroatoms. The first kappa shape index (κ1) is 13.4. The Morgan fingerprint density at radius 1 is 1.56 bits per heavy atom. The van der Waals surface area contributed by atoms with E-state index in [1.165, 1.54) is 0 Å². The zero-order valence-electron chi connectivity index (χ0n) is 10.0. The number of ether oxygens (including phenoxy) is 1. The monoisotopic (exact) mass is 230 g/mol. The van der Waals surface area contributed by atoms with E-state index in [4.69, 9.17) is 9.84 Å². The molecule has 0 aromatic rings. The number of likely N-dealkylation sites (N-methyl/N-ethyl adjacent to an activating group) is 1. The van der Waals surface area contributed by atoms with Crippen molar-refractivity contribution in [2.24, 2.45) is 11.8 Å². The van der Waals surface area contributed by atoms with Gasteiger partial charge in [-0.15, -0.1) is 0 Å². The van der Waals surface area contributed by atoms with Gasteiger partial charge in [0.2, 0.25) is 5.91 Å². The van der Waals surface area contributed by atoms with Crippen LogP contribution in [-0.4, -0.2) is 50.0 Å². The van der Waals surface area contributed by atoms with Crippen LogP contribution in [0.15, 0.2) is 0 Å². The van der Waals surface area contributed by atoms with Crippen LogP contribution in [0.1, 0.15) is 13.8 Å². The van der Waals surface area contributed by atoms with Crippen molar-refractivity contribution >= 4 is 5.91 Å². The number of amides is 1. The van der Waals surface area contributed by atoms with Crippen LogP contribution in [0.3, 0.4) is 0 Å². The number of carbonyl (C=O) groups excluding carboxylic acids is 1. The molecule has 0 aromatic heterocycles. The molecule has 0 bridgehead atoms. The lowest BCUT2D eigenvalue weighted by Crippen LogP contribution is -2.45. The number of nitrogens with one attached hydrogen (secondary N) is 2. The summed E-state index contributed by atoms with van der Waals surface area (Å²) in [7, 11) is 0. The summed E-state index contributed by atoms with van der Waals surface area (Å²) in [5.74, 6) is 0.0125. The average molecular weight is 230 g/mol. The van der Waals surface area contributed by atoms with Crippen LogP contribution in [0.25, 0.3) is 0 Å². The Hall–Kier alpha value is -0.650. The number of hydrogen-bond donors (Lipinski definition) is 3. The fourth-order valence-electron chi connectivity index (χ4n) is 1.75. The molecule has 1 aliphatic rings. The van der Waals surface area contributed by atoms with E-state index in [1.807, 2.05) is 13.8 Å². The van der Waals surface area contributed by atoms with E-state index in [0.717, 1.165) is 6.54 Å². The van der Waals surface area contributed by atoms with Gasteiger partial charge < -0.3 is 20.5 Å². The molecule has 3 N–H and O–H groups in total. The summed E-state index contributed by atoms with van der Waals surface area (Å²) in [6.07, 6.45) is 0. The van der Waals surface area contributed by atoms with Crippen molar-refractivity contribution in [1.82, 2.24) is 10.6 Å². The van der Waals surface area contributed by atoms with E-state index in [2.05, 4.69) is 10.6 Å². The molecule has 1 rings (SSSR count). The van der Waals surface area contributed by atoms with Crippen LogP contribution in [0, 0.1) is 11.8 Å². The third-order valence-electron chi connectivity index (χ3n) is 2.82. The highest BCUT2D eigenvalue weighted by Gasteiger charge is 2.33. The van der Waals surface area contributed by atoms with Crippen molar-refractivity contribution in [2.75, 3.05) is 32.9 Å². The van der Waals surface area contributed by atoms with Gasteiger partial charge in [-0.05, 0) is 12.5 Å². The van der Waals surface area contributed by atoms with Gasteiger partial charge in [0, 0.05) is 19.2 Å². The molecule has 1 amide bonds. The quantitative estimate of drug-likeness (QED) is 0.567. The van der Waals surface area contributed by atoms with Gasteiger partial charge in [-0.2, -0.15) is 0 Å². The van der Waals surface area contributed by atoms with Gasteiger partial charge >= 0.3 is 0 Å². The highest BCUT2D eigenvalue weighted by atomic mass is 16.5. The standard InChI is InChI=1S/C11H22N2O3/c1-3-12-10-7-16-6-9(10)11(15)13-4-8(2)5-14/h8-10,12,14H,3-7H2,1-2H3,(H,13,15). The Morgan fingerprint density at radius 2 is 2.31 bits per heavy atom. The average Bonchev–Trinajstić information content (AvgIpc) is 2.74. The van der Waals surface area contributed by atoms with E-state index < -0.39 is 0 Å². The molecule has 1 saturated heterocycles. The largest absolute Gasteiger partial charge is 0.396 e. The molecule has 1 aliphatic heterocycles. The van der Waals surface area contributed by atoms with E-state index in [0.29, 0.717) is 19.8 Å². The Labute approximate surface area is 96.6 Å². The lowest BCUT2D eigenvalue weighted by Gasteiger charge is -2.18. The van der Waals surface area contributed by atoms with Crippen LogP contribution in [-0.2, 0) is 9.53 Å². The third-order valence-corrected chi connectivity index (χ3v) is 2.82. The predicted molar refractivity (Wildman–Crippen MR) is 61.0 cm³/mol. The van der Waals surface area contributed by atoms with E-state index in [9.17, 15) is 4.79 Å². The van der Waals surface area contributed by atoms with Gasteiger partial charge in [-0.25, -0.2) is 0 Å². The maximum absolute atomic E-state index is 11.8. The maximum Gasteiger partial charge on any atom is 0.227 e. The second-order valence-corrected chi connectivity index (χ2v) is 4.34. The number of rotatable bonds is 6. The molecule has 1 heterocycles. The Morgan fingerprint density at radius 3 is 2.94 bits per heavy atom. The molecule has 94 valence electrons. The minimum Gasteiger partial charge on any atom is -0.396 e. The summed E-state index contributed by atoms with van der Waals surface area (Å²) in [5, 5.41) is 14.9. The lowest BCUT2D eigenvalue weighted by molar-refractivity contribution is -0.125. The summed E-state index contributed by atoms with van der Waals surface area (Å²) in [4.78, 5) is 11.8. The Bertz CT molecular complexity index is 223. The highest BCUT2D eigenvalue weighted by molar-refractivity contribution is 5.79. The summed E-state index contributed by atoms with van der Waals surface area (Å²) in [5.41, 5.74) is 0. The van der Waals surface area contributed by atoms with Crippen molar-refractivity contribution in [3.63, 3.8) is 0 Å². The minimum absolute atomic E-state index is 0.0174. The molecule has 0 aromatic carbocycles. The number of aliphatic hydroxyl groups is 1. The minimum atomic E-state index is -0.106. The van der Waals surface area contributed by atoms with E-state index in [1.54, 1.807) is 0 Å². The van der Waals surface area contributed by atoms with E-state index in [-0.39, 0.29) is 30.4 Å². The van der Waals surface area contributed by atoms with Crippen molar-refractivity contribution in [1.29, 1.82) is 0 Å². The van der Waals surface area contributed by atoms with Crippen LogP contribution in [0.5, 0.6) is 0 Å². The van der Waals surface area contributed by atoms with Gasteiger partial charge in [0.05, 0.1) is 19.1 Å². The van der Waals surface area contributed by atoms with Crippen molar-refractivity contribution in [2.45, 2.75) is 19.9 Å². The smallest absolute Gasteiger partial charge is 0.227 e. The van der Waals surface area contributed by atoms with E-state index >= 15 is 0 Å². The maximum atomic E-state index is 11.8. The second-order valence-electron chi connectivity index (χ2n) is 4.34. The fraction of sp³-hybridized carbons (Fsp3) is 0.909. The Kier molecular flexibility index (Phi) is 5.73. The molecule has 3 atom stereocenters. The molecule has 0 saturated carbocycles. The van der Waals surface area contributed by atoms with Gasteiger partial charge in [-0.1, -0.05) is 13.8 Å². The molecule has 0 spiro atoms. The molecule has 0 aliphatic carbocycles. The number of aliphatic hydroxyl groups excluding tert-OH is 1. The van der Waals surface area contributed by atoms with Gasteiger partial charge in [0.15, 0.2) is 0 Å². The molecule has 5 nitrogen and oxygen atoms in total. The van der Waals surface area contributed by atoms with Crippen LogP contribution >= 0.6 is 0 Å². The topological polar surface area (TPSA) is 70.6 Å². The molecule has 0 radical (unpaired) electrons. The lowest BCUT2D eigenvalue weighted by atomic mass is 10.0. The third kappa shape index (κ3) is 3.73. The highest BCUT2D eigenvalue weighted by Crippen LogP contribution is 2.13. The number of hydrogen-bond acceptors (Lipinski definition) is 4. The second kappa shape index (κ2) is 6.83. The first-order chi connectivity index (χ1) is 7.69. The zero-order chi connectivity index (χ0) is 12.0. The first-order valence-corrected chi connectivity index (χ1v) is 5.88. The molecule has 1 fully saturated rings. The summed E-state index contributed by atoms with van der Waals surface area (Å²) >= 11 is 0. The summed E-state index contributed by atoms with van der Waals surface area (Å²) in [6, 6.07) is 0.120. The Balaban J connectivity index is 2.34. The van der Waals surface area contributed by atoms with Crippen LogP contribution in [0.4, 0.5) is 0 Å². The number of carbonyl (C=O) groups is 1. The molecular formula is C11H22N2O3. The SMILES string of the molecule is CCNC1COCC1C(=O)NCC(C)CO. The molecule has 16 heavy (non-hydrogen) atoms. The molecule has 3 unspecified atom stereocenters. The van der Waals surface area contributed by atoms with Gasteiger partial charge in [0.1, 0.15) is 0 Å². The van der Waals surface area contributed by atoms with Crippen LogP contribution < -0.4 is 10.6 Å². The summed E-state index contributed by atoms with van der Waals surface area (Å²) in [6.45, 7) is 6.44. The van der Waals surface area contributed by atoms with Gasteiger partial charge in [0.25, 0.3) is 0 Å². The fourth-order valence-corrected chi connectivity index (χ4v) is 1.75. The van der Waals surface area contributed by atoms with Crippen molar-refractivity contribution in [3.8, 4) is 0 Å².